The van der Waals surface area contributed by atoms with Crippen molar-refractivity contribution < 1.29 is 0 Å². The predicted molar refractivity (Wildman–Crippen MR) is 408 cm³/mol. The third-order valence-corrected chi connectivity index (χ3v) is 22.6. The van der Waals surface area contributed by atoms with Crippen molar-refractivity contribution in [3.8, 4) is 66.8 Å². The molecule has 0 bridgehead atoms. The first-order chi connectivity index (χ1) is 48.5. The highest BCUT2D eigenvalue weighted by Gasteiger charge is 2.54. The average Bonchev–Trinajstić information content (AvgIpc) is 1.51. The van der Waals surface area contributed by atoms with Crippen LogP contribution in [0.2, 0.25) is 0 Å². The first kappa shape index (κ1) is 57.5. The van der Waals surface area contributed by atoms with Gasteiger partial charge in [-0.1, -0.05) is 390 Å². The zero-order valence-electron chi connectivity index (χ0n) is 54.8. The van der Waals surface area contributed by atoms with Gasteiger partial charge in [-0.25, -0.2) is 0 Å². The Kier molecular flexibility index (Phi) is 13.1. The molecular weight excluding hydrogens is 1180 g/mol. The van der Waals surface area contributed by atoms with Crippen LogP contribution in [0.15, 0.2) is 376 Å². The van der Waals surface area contributed by atoms with Crippen molar-refractivity contribution in [1.82, 2.24) is 0 Å². The summed E-state index contributed by atoms with van der Waals surface area (Å²) in [6.07, 6.45) is 0. The average molecular weight is 1250 g/mol. The fourth-order valence-corrected chi connectivity index (χ4v) is 18.9. The molecule has 16 aromatic carbocycles. The van der Waals surface area contributed by atoms with Gasteiger partial charge in [-0.05, 0) is 166 Å². The maximum absolute atomic E-state index is 2.36. The minimum Gasteiger partial charge on any atom is -0.0622 e. The van der Waals surface area contributed by atoms with E-state index in [0.717, 1.165) is 0 Å². The van der Waals surface area contributed by atoms with E-state index < -0.39 is 0 Å². The molecule has 0 saturated carbocycles. The standard InChI is InChI=1S/C33H20.C25H16.C25H18.C15H14/c1-3-15-25-21(11-1)22-12-2-4-16-26(22)32-31(25)27-17-7-10-20-30(27)33(32)28-18-8-5-13-23(28)24-14-6-9-19-29(24)33;1-5-13-21-17(9-1)18-10-2-6-14-22(18)25(21)23-15-7-3-11-19(23)20-12-4-8-16-24(20)25;1-3-11-19(12-4-1)25(20-13-5-2-6-14-20)23-17-9-7-15-21(23)22-16-8-10-18-24(22)25;1-15(2)13-9-5-3-7-11(13)12-8-4-6-10-14(12)15/h1-20H;1-16H;1-18H;3-10H,1-2H3. The zero-order chi connectivity index (χ0) is 65.2. The summed E-state index contributed by atoms with van der Waals surface area (Å²) in [6, 6.07) is 138. The fourth-order valence-electron chi connectivity index (χ4n) is 18.9. The van der Waals surface area contributed by atoms with Crippen molar-refractivity contribution in [3.63, 3.8) is 0 Å². The molecule has 6 aliphatic carbocycles. The van der Waals surface area contributed by atoms with Crippen molar-refractivity contribution in [2.75, 3.05) is 0 Å². The monoisotopic (exact) mass is 1240 g/mol. The lowest BCUT2D eigenvalue weighted by Crippen LogP contribution is -2.28. The molecule has 0 heterocycles. The lowest BCUT2D eigenvalue weighted by atomic mass is 9.68. The molecule has 0 radical (unpaired) electrons. The molecule has 0 saturated heterocycles. The normalized spacial score (nSPS) is 14.6. The molecule has 98 heavy (non-hydrogen) atoms. The van der Waals surface area contributed by atoms with Crippen molar-refractivity contribution in [2.24, 2.45) is 0 Å². The largest absolute Gasteiger partial charge is 0.0731 e. The van der Waals surface area contributed by atoms with Gasteiger partial charge in [0.05, 0.1) is 16.2 Å². The summed E-state index contributed by atoms with van der Waals surface area (Å²) < 4.78 is 0. The second-order valence-electron chi connectivity index (χ2n) is 27.4. The first-order valence-corrected chi connectivity index (χ1v) is 34.6. The van der Waals surface area contributed by atoms with Crippen molar-refractivity contribution >= 4 is 21.5 Å². The van der Waals surface area contributed by atoms with Gasteiger partial charge in [-0.15, -0.1) is 0 Å². The van der Waals surface area contributed by atoms with E-state index in [0.29, 0.717) is 0 Å². The van der Waals surface area contributed by atoms with Crippen LogP contribution in [-0.4, -0.2) is 0 Å². The molecule has 0 aromatic heterocycles. The van der Waals surface area contributed by atoms with Crippen LogP contribution in [0.1, 0.15) is 91.7 Å². The minimum atomic E-state index is -0.303. The summed E-state index contributed by atoms with van der Waals surface area (Å²) in [7, 11) is 0. The number of hydrogen-bond acceptors (Lipinski definition) is 0. The fraction of sp³-hybridized carbons (Fsp3) is 0.0612. The smallest absolute Gasteiger partial charge is 0.0622 e. The lowest BCUT2D eigenvalue weighted by Gasteiger charge is -2.33. The van der Waals surface area contributed by atoms with Gasteiger partial charge >= 0.3 is 0 Å². The number of rotatable bonds is 2. The quantitative estimate of drug-likeness (QED) is 0.151. The first-order valence-electron chi connectivity index (χ1n) is 34.6. The Morgan fingerprint density at radius 1 is 0.153 bits per heavy atom. The van der Waals surface area contributed by atoms with Gasteiger partial charge in [-0.2, -0.15) is 0 Å². The molecule has 460 valence electrons. The van der Waals surface area contributed by atoms with E-state index in [1.807, 2.05) is 0 Å². The highest BCUT2D eigenvalue weighted by molar-refractivity contribution is 6.20. The maximum atomic E-state index is 2.36. The van der Waals surface area contributed by atoms with Crippen LogP contribution in [0.5, 0.6) is 0 Å². The predicted octanol–water partition coefficient (Wildman–Crippen LogP) is 24.4. The number of benzene rings is 16. The molecule has 16 aromatic rings. The van der Waals surface area contributed by atoms with Crippen LogP contribution < -0.4 is 0 Å². The van der Waals surface area contributed by atoms with Crippen LogP contribution in [0.3, 0.4) is 0 Å². The van der Waals surface area contributed by atoms with Gasteiger partial charge in [0, 0.05) is 5.41 Å². The second kappa shape index (κ2) is 22.3. The highest BCUT2D eigenvalue weighted by atomic mass is 14.6. The SMILES string of the molecule is CC1(C)c2ccccc2-c2ccccc21.c1ccc(C2(c3ccccc3)c3ccccc3-c3ccccc32)cc1.c1ccc2c(c1)-c1ccccc1C21c2ccccc2-c2c1c1ccccc1c1ccccc21.c1ccc2c(c1)-c1ccccc1C21c2ccccc2-c2ccccc21. The summed E-state index contributed by atoms with van der Waals surface area (Å²) in [4.78, 5) is 0. The Hall–Kier alpha value is -12.0. The second-order valence-corrected chi connectivity index (χ2v) is 27.4. The summed E-state index contributed by atoms with van der Waals surface area (Å²) in [5.41, 5.74) is 35.4. The van der Waals surface area contributed by atoms with Gasteiger partial charge in [0.1, 0.15) is 0 Å². The molecule has 2 spiro atoms. The van der Waals surface area contributed by atoms with Gasteiger partial charge in [-0.3, -0.25) is 0 Å². The van der Waals surface area contributed by atoms with E-state index in [1.54, 1.807) is 0 Å². The molecule has 0 N–H and O–H groups in total. The van der Waals surface area contributed by atoms with Gasteiger partial charge in [0.2, 0.25) is 0 Å². The van der Waals surface area contributed by atoms with Crippen LogP contribution >= 0.6 is 0 Å². The van der Waals surface area contributed by atoms with E-state index in [2.05, 4.69) is 390 Å². The van der Waals surface area contributed by atoms with Gasteiger partial charge in [0.25, 0.3) is 0 Å². The van der Waals surface area contributed by atoms with Crippen molar-refractivity contribution in [1.29, 1.82) is 0 Å². The van der Waals surface area contributed by atoms with Crippen LogP contribution in [-0.2, 0) is 21.7 Å². The summed E-state index contributed by atoms with van der Waals surface area (Å²) in [6.45, 7) is 4.61. The summed E-state index contributed by atoms with van der Waals surface area (Å²) in [5.74, 6) is 0. The Labute approximate surface area is 574 Å². The number of hydrogen-bond donors (Lipinski definition) is 0. The molecule has 22 rings (SSSR count). The maximum Gasteiger partial charge on any atom is 0.0731 e. The Morgan fingerprint density at radius 3 is 0.684 bits per heavy atom. The van der Waals surface area contributed by atoms with E-state index in [1.165, 1.54) is 166 Å². The molecule has 0 aliphatic heterocycles. The third kappa shape index (κ3) is 7.89. The molecule has 0 atom stereocenters. The molecule has 0 nitrogen and oxygen atoms in total. The van der Waals surface area contributed by atoms with Gasteiger partial charge < -0.3 is 0 Å². The highest BCUT2D eigenvalue weighted by Crippen LogP contribution is 2.66. The topological polar surface area (TPSA) is 0 Å². The third-order valence-electron chi connectivity index (χ3n) is 22.6. The summed E-state index contributed by atoms with van der Waals surface area (Å²) in [5, 5.41) is 5.37. The Balaban J connectivity index is 0.0000000944. The van der Waals surface area contributed by atoms with E-state index in [-0.39, 0.29) is 21.7 Å². The van der Waals surface area contributed by atoms with E-state index >= 15 is 0 Å². The Morgan fingerprint density at radius 2 is 0.357 bits per heavy atom. The van der Waals surface area contributed by atoms with Gasteiger partial charge in [0.15, 0.2) is 0 Å². The van der Waals surface area contributed by atoms with Crippen LogP contribution in [0, 0.1) is 0 Å². The lowest BCUT2D eigenvalue weighted by molar-refractivity contribution is 0.660. The Bertz CT molecular complexity index is 5370. The van der Waals surface area contributed by atoms with Crippen LogP contribution in [0.25, 0.3) is 88.3 Å². The molecule has 0 unspecified atom stereocenters. The molecular formula is C98H68. The molecule has 6 aliphatic rings. The molecule has 0 amide bonds. The van der Waals surface area contributed by atoms with Crippen molar-refractivity contribution in [2.45, 2.75) is 35.5 Å². The van der Waals surface area contributed by atoms with E-state index in [4.69, 9.17) is 0 Å². The number of fused-ring (bicyclic) bond motifs is 31. The zero-order valence-corrected chi connectivity index (χ0v) is 54.8. The van der Waals surface area contributed by atoms with Crippen LogP contribution in [0.4, 0.5) is 0 Å². The molecule has 0 fully saturated rings. The minimum absolute atomic E-state index is 0.160. The van der Waals surface area contributed by atoms with E-state index in [9.17, 15) is 0 Å². The summed E-state index contributed by atoms with van der Waals surface area (Å²) >= 11 is 0. The van der Waals surface area contributed by atoms with Crippen molar-refractivity contribution in [3.05, 3.63) is 454 Å². The molecule has 0 heteroatoms.